The molecule has 2 heterocycles. The SMILES string of the molecule is CCN(CC)C(=O)c1cc(C(=O)Nc2sc(C)cc2C(=O)OC)n(C)n1. The van der Waals surface area contributed by atoms with Crippen LogP contribution in [0.15, 0.2) is 12.1 Å². The van der Waals surface area contributed by atoms with Gasteiger partial charge in [0.2, 0.25) is 0 Å². The van der Waals surface area contributed by atoms with E-state index in [1.807, 2.05) is 20.8 Å². The zero-order chi connectivity index (χ0) is 19.4. The quantitative estimate of drug-likeness (QED) is 0.779. The summed E-state index contributed by atoms with van der Waals surface area (Å²) >= 11 is 1.27. The van der Waals surface area contributed by atoms with Crippen LogP contribution in [0.3, 0.4) is 0 Å². The topological polar surface area (TPSA) is 93.5 Å². The van der Waals surface area contributed by atoms with Gasteiger partial charge in [-0.1, -0.05) is 0 Å². The number of nitrogens with one attached hydrogen (secondary N) is 1. The molecular formula is C17H22N4O4S. The smallest absolute Gasteiger partial charge is 0.340 e. The van der Waals surface area contributed by atoms with Crippen LogP contribution in [-0.4, -0.2) is 52.7 Å². The number of thiophene rings is 1. The second-order valence-corrected chi connectivity index (χ2v) is 6.82. The summed E-state index contributed by atoms with van der Waals surface area (Å²) in [5.74, 6) is -1.20. The highest BCUT2D eigenvalue weighted by Gasteiger charge is 2.23. The number of methoxy groups -OCH3 is 1. The van der Waals surface area contributed by atoms with Crippen LogP contribution in [0.5, 0.6) is 0 Å². The third kappa shape index (κ3) is 3.93. The van der Waals surface area contributed by atoms with Crippen molar-refractivity contribution in [3.8, 4) is 0 Å². The first-order chi connectivity index (χ1) is 12.3. The summed E-state index contributed by atoms with van der Waals surface area (Å²) in [5.41, 5.74) is 0.726. The van der Waals surface area contributed by atoms with Crippen molar-refractivity contribution in [3.63, 3.8) is 0 Å². The van der Waals surface area contributed by atoms with Gasteiger partial charge in [-0.05, 0) is 26.8 Å². The molecular weight excluding hydrogens is 356 g/mol. The average Bonchev–Trinajstić information content (AvgIpc) is 3.17. The Hall–Kier alpha value is -2.68. The van der Waals surface area contributed by atoms with E-state index < -0.39 is 11.9 Å². The highest BCUT2D eigenvalue weighted by atomic mass is 32.1. The number of aryl methyl sites for hydroxylation is 2. The van der Waals surface area contributed by atoms with Crippen LogP contribution in [0, 0.1) is 6.92 Å². The fourth-order valence-corrected chi connectivity index (χ4v) is 3.39. The summed E-state index contributed by atoms with van der Waals surface area (Å²) in [6, 6.07) is 3.11. The minimum absolute atomic E-state index is 0.205. The fraction of sp³-hybridized carbons (Fsp3) is 0.412. The number of amides is 2. The predicted molar refractivity (Wildman–Crippen MR) is 98.8 cm³/mol. The van der Waals surface area contributed by atoms with Gasteiger partial charge < -0.3 is 15.0 Å². The van der Waals surface area contributed by atoms with Crippen LogP contribution in [0.2, 0.25) is 0 Å². The summed E-state index contributed by atoms with van der Waals surface area (Å²) in [6.07, 6.45) is 0. The zero-order valence-corrected chi connectivity index (χ0v) is 16.3. The molecule has 26 heavy (non-hydrogen) atoms. The molecule has 8 nitrogen and oxygen atoms in total. The number of rotatable bonds is 6. The standard InChI is InChI=1S/C17H22N4O4S/c1-6-21(7-2)16(23)12-9-13(20(4)19-12)14(22)18-15-11(17(24)25-5)8-10(3)26-15/h8-9H,6-7H2,1-5H3,(H,18,22). The molecule has 0 bridgehead atoms. The molecule has 0 radical (unpaired) electrons. The van der Waals surface area contributed by atoms with Crippen molar-refractivity contribution in [2.24, 2.45) is 7.05 Å². The van der Waals surface area contributed by atoms with Crippen LogP contribution < -0.4 is 5.32 Å². The van der Waals surface area contributed by atoms with Gasteiger partial charge in [0.15, 0.2) is 5.69 Å². The molecule has 0 aliphatic rings. The Labute approximate surface area is 155 Å². The van der Waals surface area contributed by atoms with Gasteiger partial charge in [0.25, 0.3) is 11.8 Å². The predicted octanol–water partition coefficient (Wildman–Crippen LogP) is 2.31. The van der Waals surface area contributed by atoms with Crippen molar-refractivity contribution in [3.05, 3.63) is 34.0 Å². The summed E-state index contributed by atoms with van der Waals surface area (Å²) in [4.78, 5) is 39.3. The fourth-order valence-electron chi connectivity index (χ4n) is 2.49. The third-order valence-corrected chi connectivity index (χ3v) is 4.84. The molecule has 0 atom stereocenters. The van der Waals surface area contributed by atoms with Crippen LogP contribution in [-0.2, 0) is 11.8 Å². The molecule has 2 aromatic heterocycles. The van der Waals surface area contributed by atoms with Crippen molar-refractivity contribution in [2.45, 2.75) is 20.8 Å². The molecule has 1 N–H and O–H groups in total. The van der Waals surface area contributed by atoms with Crippen molar-refractivity contribution in [1.82, 2.24) is 14.7 Å². The number of anilines is 1. The van der Waals surface area contributed by atoms with E-state index in [1.165, 1.54) is 29.2 Å². The number of esters is 1. The second kappa shape index (κ2) is 8.13. The monoisotopic (exact) mass is 378 g/mol. The van der Waals surface area contributed by atoms with E-state index in [9.17, 15) is 14.4 Å². The normalized spacial score (nSPS) is 10.5. The van der Waals surface area contributed by atoms with E-state index in [2.05, 4.69) is 10.4 Å². The summed E-state index contributed by atoms with van der Waals surface area (Å²) in [6.45, 7) is 6.71. The average molecular weight is 378 g/mol. The number of aromatic nitrogens is 2. The first-order valence-corrected chi connectivity index (χ1v) is 8.97. The Morgan fingerprint density at radius 1 is 1.27 bits per heavy atom. The van der Waals surface area contributed by atoms with Crippen molar-refractivity contribution in [2.75, 3.05) is 25.5 Å². The Bertz CT molecular complexity index is 836. The molecule has 2 amide bonds. The van der Waals surface area contributed by atoms with E-state index in [0.29, 0.717) is 23.7 Å². The maximum absolute atomic E-state index is 12.6. The Kier molecular flexibility index (Phi) is 6.14. The molecule has 0 aliphatic heterocycles. The highest BCUT2D eigenvalue weighted by Crippen LogP contribution is 2.28. The first-order valence-electron chi connectivity index (χ1n) is 8.15. The minimum atomic E-state index is -0.521. The lowest BCUT2D eigenvalue weighted by atomic mass is 10.2. The molecule has 0 fully saturated rings. The van der Waals surface area contributed by atoms with Gasteiger partial charge in [0, 0.05) is 31.1 Å². The Balaban J connectivity index is 2.26. The number of hydrogen-bond donors (Lipinski definition) is 1. The number of carbonyl (C=O) groups excluding carboxylic acids is 3. The van der Waals surface area contributed by atoms with Gasteiger partial charge in [-0.3, -0.25) is 14.3 Å². The van der Waals surface area contributed by atoms with Crippen molar-refractivity contribution in [1.29, 1.82) is 0 Å². The van der Waals surface area contributed by atoms with E-state index in [1.54, 1.807) is 18.0 Å². The molecule has 2 aromatic rings. The number of carbonyl (C=O) groups is 3. The molecule has 9 heteroatoms. The summed E-state index contributed by atoms with van der Waals surface area (Å²) < 4.78 is 6.09. The van der Waals surface area contributed by atoms with Crippen LogP contribution in [0.4, 0.5) is 5.00 Å². The number of ether oxygens (including phenoxy) is 1. The molecule has 0 saturated heterocycles. The van der Waals surface area contributed by atoms with Gasteiger partial charge in [-0.15, -0.1) is 11.3 Å². The van der Waals surface area contributed by atoms with E-state index >= 15 is 0 Å². The van der Waals surface area contributed by atoms with E-state index in [-0.39, 0.29) is 17.3 Å². The van der Waals surface area contributed by atoms with Crippen LogP contribution in [0.1, 0.15) is 50.1 Å². The summed E-state index contributed by atoms with van der Waals surface area (Å²) in [7, 11) is 2.88. The van der Waals surface area contributed by atoms with E-state index in [4.69, 9.17) is 4.74 Å². The molecule has 0 aliphatic carbocycles. The van der Waals surface area contributed by atoms with Crippen molar-refractivity contribution >= 4 is 34.1 Å². The lowest BCUT2D eigenvalue weighted by Crippen LogP contribution is -2.30. The van der Waals surface area contributed by atoms with Gasteiger partial charge >= 0.3 is 5.97 Å². The lowest BCUT2D eigenvalue weighted by Gasteiger charge is -2.16. The highest BCUT2D eigenvalue weighted by molar-refractivity contribution is 7.16. The molecule has 0 spiro atoms. The van der Waals surface area contributed by atoms with Gasteiger partial charge in [-0.25, -0.2) is 4.79 Å². The van der Waals surface area contributed by atoms with Crippen molar-refractivity contribution < 1.29 is 19.1 Å². The third-order valence-electron chi connectivity index (χ3n) is 3.87. The van der Waals surface area contributed by atoms with Crippen LogP contribution >= 0.6 is 11.3 Å². The van der Waals surface area contributed by atoms with Gasteiger partial charge in [0.05, 0.1) is 12.7 Å². The zero-order valence-electron chi connectivity index (χ0n) is 15.5. The Morgan fingerprint density at radius 2 is 1.92 bits per heavy atom. The maximum Gasteiger partial charge on any atom is 0.340 e. The lowest BCUT2D eigenvalue weighted by molar-refractivity contribution is 0.0602. The number of nitrogens with zero attached hydrogens (tertiary/aromatic N) is 3. The van der Waals surface area contributed by atoms with Gasteiger partial charge in [0.1, 0.15) is 10.7 Å². The molecule has 0 saturated carbocycles. The Morgan fingerprint density at radius 3 is 2.50 bits per heavy atom. The maximum atomic E-state index is 12.6. The first kappa shape index (κ1) is 19.6. The van der Waals surface area contributed by atoms with E-state index in [0.717, 1.165) is 4.88 Å². The summed E-state index contributed by atoms with van der Waals surface area (Å²) in [5, 5.41) is 7.25. The minimum Gasteiger partial charge on any atom is -0.465 e. The second-order valence-electron chi connectivity index (χ2n) is 5.56. The molecule has 140 valence electrons. The molecule has 0 aromatic carbocycles. The number of hydrogen-bond acceptors (Lipinski definition) is 6. The largest absolute Gasteiger partial charge is 0.465 e. The molecule has 2 rings (SSSR count). The van der Waals surface area contributed by atoms with Crippen LogP contribution in [0.25, 0.3) is 0 Å². The van der Waals surface area contributed by atoms with Gasteiger partial charge in [-0.2, -0.15) is 5.10 Å². The molecule has 0 unspecified atom stereocenters.